The normalized spacial score (nSPS) is 25.8. The molecule has 15 heavy (non-hydrogen) atoms. The van der Waals surface area contributed by atoms with Crippen LogP contribution in [0.3, 0.4) is 0 Å². The Kier molecular flexibility index (Phi) is 2.47. The smallest absolute Gasteiger partial charge is 0.133 e. The third kappa shape index (κ3) is 2.35. The molecule has 1 saturated carbocycles. The fourth-order valence-electron chi connectivity index (χ4n) is 2.34. The molecule has 80 valence electrons. The Morgan fingerprint density at radius 1 is 1.60 bits per heavy atom. The minimum absolute atomic E-state index is 0.130. The number of Topliss-reactive ketones (excluding diaryl/α,β-unsaturated/α-hetero) is 1. The van der Waals surface area contributed by atoms with Crippen molar-refractivity contribution in [3.63, 3.8) is 0 Å². The van der Waals surface area contributed by atoms with Gasteiger partial charge >= 0.3 is 0 Å². The molecule has 3 heteroatoms. The van der Waals surface area contributed by atoms with E-state index < -0.39 is 0 Å². The summed E-state index contributed by atoms with van der Waals surface area (Å²) in [6.07, 6.45) is 5.08. The van der Waals surface area contributed by atoms with Gasteiger partial charge in [-0.3, -0.25) is 4.79 Å². The molecular weight excluding hydrogens is 188 g/mol. The zero-order valence-electron chi connectivity index (χ0n) is 8.99. The van der Waals surface area contributed by atoms with Crippen LogP contribution in [0.2, 0.25) is 0 Å². The summed E-state index contributed by atoms with van der Waals surface area (Å²) in [5.41, 5.74) is 6.94. The lowest BCUT2D eigenvalue weighted by Gasteiger charge is -2.22. The molecule has 1 aromatic heterocycles. The second-order valence-corrected chi connectivity index (χ2v) is 4.79. The maximum Gasteiger partial charge on any atom is 0.133 e. The summed E-state index contributed by atoms with van der Waals surface area (Å²) in [6.45, 7) is 2.18. The average Bonchev–Trinajstić information content (AvgIpc) is 2.45. The molecule has 0 amide bonds. The molecule has 0 saturated heterocycles. The molecule has 3 nitrogen and oxygen atoms in total. The van der Waals surface area contributed by atoms with Crippen LogP contribution >= 0.6 is 0 Å². The first-order chi connectivity index (χ1) is 7.07. The lowest BCUT2D eigenvalue weighted by atomic mass is 9.82. The van der Waals surface area contributed by atoms with Gasteiger partial charge in [0.1, 0.15) is 11.6 Å². The summed E-state index contributed by atoms with van der Waals surface area (Å²) in [5, 5.41) is 0. The molecule has 1 unspecified atom stereocenters. The molecular formula is C12H16N2O. The summed E-state index contributed by atoms with van der Waals surface area (Å²) in [7, 11) is 0. The maximum atomic E-state index is 11.3. The van der Waals surface area contributed by atoms with E-state index in [0.29, 0.717) is 18.0 Å². The number of hydrogen-bond acceptors (Lipinski definition) is 3. The molecule has 1 aromatic rings. The standard InChI is InChI=1S/C12H16N2O/c1-12(4-2-10(15)8-12)7-9-3-5-14-11(13)6-9/h3,5-6H,2,4,7-8H2,1H3,(H2,13,14). The zero-order valence-corrected chi connectivity index (χ0v) is 8.99. The number of aromatic nitrogens is 1. The van der Waals surface area contributed by atoms with E-state index >= 15 is 0 Å². The average molecular weight is 204 g/mol. The number of nitrogens with zero attached hydrogens (tertiary/aromatic N) is 1. The lowest BCUT2D eigenvalue weighted by Crippen LogP contribution is -2.15. The number of anilines is 1. The fraction of sp³-hybridized carbons (Fsp3) is 0.500. The first-order valence-corrected chi connectivity index (χ1v) is 5.30. The molecule has 1 atom stereocenters. The number of pyridine rings is 1. The van der Waals surface area contributed by atoms with E-state index in [2.05, 4.69) is 11.9 Å². The van der Waals surface area contributed by atoms with Gasteiger partial charge in [0.05, 0.1) is 0 Å². The van der Waals surface area contributed by atoms with E-state index in [0.717, 1.165) is 19.3 Å². The Morgan fingerprint density at radius 3 is 3.00 bits per heavy atom. The van der Waals surface area contributed by atoms with Gasteiger partial charge in [0, 0.05) is 19.0 Å². The lowest BCUT2D eigenvalue weighted by molar-refractivity contribution is -0.117. The topological polar surface area (TPSA) is 56.0 Å². The van der Waals surface area contributed by atoms with Crippen LogP contribution in [0.25, 0.3) is 0 Å². The quantitative estimate of drug-likeness (QED) is 0.801. The second-order valence-electron chi connectivity index (χ2n) is 4.79. The molecule has 1 fully saturated rings. The molecule has 0 bridgehead atoms. The van der Waals surface area contributed by atoms with Gasteiger partial charge in [0.25, 0.3) is 0 Å². The van der Waals surface area contributed by atoms with Crippen LogP contribution in [0, 0.1) is 5.41 Å². The summed E-state index contributed by atoms with van der Waals surface area (Å²) in [6, 6.07) is 3.87. The summed E-state index contributed by atoms with van der Waals surface area (Å²) in [4.78, 5) is 15.2. The van der Waals surface area contributed by atoms with Crippen molar-refractivity contribution in [2.45, 2.75) is 32.6 Å². The molecule has 2 rings (SSSR count). The van der Waals surface area contributed by atoms with Crippen LogP contribution in [0.4, 0.5) is 5.82 Å². The van der Waals surface area contributed by atoms with Crippen LogP contribution < -0.4 is 5.73 Å². The Morgan fingerprint density at radius 2 is 2.40 bits per heavy atom. The molecule has 0 aromatic carbocycles. The molecule has 1 aliphatic carbocycles. The van der Waals surface area contributed by atoms with E-state index in [-0.39, 0.29) is 5.41 Å². The Labute approximate surface area is 89.7 Å². The van der Waals surface area contributed by atoms with Gasteiger partial charge in [-0.15, -0.1) is 0 Å². The minimum atomic E-state index is 0.130. The summed E-state index contributed by atoms with van der Waals surface area (Å²) >= 11 is 0. The van der Waals surface area contributed by atoms with Crippen molar-refractivity contribution in [1.29, 1.82) is 0 Å². The molecule has 0 aliphatic heterocycles. The molecule has 1 aliphatic rings. The Hall–Kier alpha value is -1.38. The number of carbonyl (C=O) groups is 1. The van der Waals surface area contributed by atoms with Crippen LogP contribution in [0.1, 0.15) is 31.7 Å². The maximum absolute atomic E-state index is 11.3. The van der Waals surface area contributed by atoms with Gasteiger partial charge in [-0.2, -0.15) is 0 Å². The number of ketones is 1. The van der Waals surface area contributed by atoms with Crippen LogP contribution in [0.5, 0.6) is 0 Å². The second kappa shape index (κ2) is 3.65. The largest absolute Gasteiger partial charge is 0.384 e. The minimum Gasteiger partial charge on any atom is -0.384 e. The van der Waals surface area contributed by atoms with Gasteiger partial charge in [0.2, 0.25) is 0 Å². The molecule has 0 spiro atoms. The van der Waals surface area contributed by atoms with Gasteiger partial charge in [-0.25, -0.2) is 4.98 Å². The third-order valence-electron chi connectivity index (χ3n) is 3.11. The number of nitrogens with two attached hydrogens (primary N) is 1. The van der Waals surface area contributed by atoms with Gasteiger partial charge in [-0.05, 0) is 36.0 Å². The molecule has 0 radical (unpaired) electrons. The monoisotopic (exact) mass is 204 g/mol. The number of carbonyl (C=O) groups excluding carboxylic acids is 1. The first kappa shape index (κ1) is 10.1. The highest BCUT2D eigenvalue weighted by Crippen LogP contribution is 2.38. The third-order valence-corrected chi connectivity index (χ3v) is 3.11. The Bertz CT molecular complexity index is 389. The number of nitrogen functional groups attached to an aromatic ring is 1. The van der Waals surface area contributed by atoms with E-state index in [4.69, 9.17) is 5.73 Å². The highest BCUT2D eigenvalue weighted by Gasteiger charge is 2.33. The number of hydrogen-bond donors (Lipinski definition) is 1. The van der Waals surface area contributed by atoms with Crippen LogP contribution in [0.15, 0.2) is 18.3 Å². The van der Waals surface area contributed by atoms with E-state index in [1.54, 1.807) is 6.20 Å². The summed E-state index contributed by atoms with van der Waals surface area (Å²) < 4.78 is 0. The van der Waals surface area contributed by atoms with Gasteiger partial charge < -0.3 is 5.73 Å². The van der Waals surface area contributed by atoms with Crippen molar-refractivity contribution in [1.82, 2.24) is 4.98 Å². The molecule has 1 heterocycles. The van der Waals surface area contributed by atoms with Crippen LogP contribution in [-0.2, 0) is 11.2 Å². The zero-order chi connectivity index (χ0) is 10.9. The van der Waals surface area contributed by atoms with E-state index in [1.807, 2.05) is 12.1 Å². The predicted molar refractivity (Wildman–Crippen MR) is 59.3 cm³/mol. The van der Waals surface area contributed by atoms with Crippen molar-refractivity contribution in [2.75, 3.05) is 5.73 Å². The van der Waals surface area contributed by atoms with Crippen molar-refractivity contribution in [3.05, 3.63) is 23.9 Å². The van der Waals surface area contributed by atoms with E-state index in [9.17, 15) is 4.79 Å². The predicted octanol–water partition coefficient (Wildman–Crippen LogP) is 1.97. The van der Waals surface area contributed by atoms with Crippen molar-refractivity contribution >= 4 is 11.6 Å². The summed E-state index contributed by atoms with van der Waals surface area (Å²) in [5.74, 6) is 0.944. The Balaban J connectivity index is 2.11. The van der Waals surface area contributed by atoms with Crippen molar-refractivity contribution in [2.24, 2.45) is 5.41 Å². The van der Waals surface area contributed by atoms with Gasteiger partial charge in [0.15, 0.2) is 0 Å². The van der Waals surface area contributed by atoms with Gasteiger partial charge in [-0.1, -0.05) is 6.92 Å². The fourth-order valence-corrected chi connectivity index (χ4v) is 2.34. The van der Waals surface area contributed by atoms with Crippen LogP contribution in [-0.4, -0.2) is 10.8 Å². The highest BCUT2D eigenvalue weighted by atomic mass is 16.1. The van der Waals surface area contributed by atoms with Crippen molar-refractivity contribution in [3.8, 4) is 0 Å². The SMILES string of the molecule is CC1(Cc2ccnc(N)c2)CCC(=O)C1. The number of rotatable bonds is 2. The molecule has 2 N–H and O–H groups in total. The van der Waals surface area contributed by atoms with E-state index in [1.165, 1.54) is 5.56 Å². The van der Waals surface area contributed by atoms with Crippen molar-refractivity contribution < 1.29 is 4.79 Å². The highest BCUT2D eigenvalue weighted by molar-refractivity contribution is 5.81. The first-order valence-electron chi connectivity index (χ1n) is 5.30.